The second-order valence-electron chi connectivity index (χ2n) is 8.23. The molecule has 3 aliphatic rings. The molecule has 0 saturated heterocycles. The highest BCUT2D eigenvalue weighted by Gasteiger charge is 2.44. The molecule has 1 amide bonds. The van der Waals surface area contributed by atoms with Crippen molar-refractivity contribution in [3.63, 3.8) is 0 Å². The number of aromatic nitrogens is 3. The Morgan fingerprint density at radius 1 is 1.38 bits per heavy atom. The standard InChI is InChI=1S/C21H26FN7O3/c1-23-18-9-17(25-14-4-3-7-28(21(14)31)15-8-16(15)32-2)27-19-11(10-24-29(18)19)20(30)26-13-6-5-12(13)22/h3-4,7,9-10,12-13,15-16,21,23,31H,5-6,8H2,1-2H3,(H,25,27)(H,26,30)/t12-,13?,15?,16-,21?/m1/s1. The molecule has 0 radical (unpaired) electrons. The van der Waals surface area contributed by atoms with Gasteiger partial charge in [0.15, 0.2) is 11.9 Å². The van der Waals surface area contributed by atoms with Crippen molar-refractivity contribution < 1.29 is 19.0 Å². The fourth-order valence-electron chi connectivity index (χ4n) is 4.08. The number of hydrogen-bond acceptors (Lipinski definition) is 8. The first kappa shape index (κ1) is 20.7. The molecule has 0 spiro atoms. The SMILES string of the molecule is CNc1cc(NC2=CC=CN(C3C[C@H]3OC)C2O)nc2c(C(=O)NC3CC[C@H]3F)cnn12. The minimum absolute atomic E-state index is 0.103. The molecule has 5 atom stereocenters. The summed E-state index contributed by atoms with van der Waals surface area (Å²) in [6.45, 7) is 0. The molecule has 10 nitrogen and oxygen atoms in total. The lowest BCUT2D eigenvalue weighted by atomic mass is 9.90. The number of aliphatic hydroxyl groups excluding tert-OH is 1. The summed E-state index contributed by atoms with van der Waals surface area (Å²) in [7, 11) is 3.40. The van der Waals surface area contributed by atoms with Gasteiger partial charge in [0.1, 0.15) is 23.4 Å². The first-order chi connectivity index (χ1) is 15.5. The van der Waals surface area contributed by atoms with E-state index in [0.29, 0.717) is 35.8 Å². The van der Waals surface area contributed by atoms with Crippen molar-refractivity contribution in [2.75, 3.05) is 24.8 Å². The zero-order valence-electron chi connectivity index (χ0n) is 17.8. The van der Waals surface area contributed by atoms with E-state index >= 15 is 0 Å². The lowest BCUT2D eigenvalue weighted by molar-refractivity contribution is 0.0448. The summed E-state index contributed by atoms with van der Waals surface area (Å²) in [6.07, 6.45) is 7.03. The fourth-order valence-corrected chi connectivity index (χ4v) is 4.08. The molecule has 2 fully saturated rings. The number of ether oxygens (including phenoxy) is 1. The van der Waals surface area contributed by atoms with Crippen LogP contribution in [0.25, 0.3) is 5.65 Å². The number of allylic oxidation sites excluding steroid dienone is 2. The van der Waals surface area contributed by atoms with Crippen molar-refractivity contribution >= 4 is 23.2 Å². The molecule has 2 aromatic heterocycles. The van der Waals surface area contributed by atoms with E-state index in [1.54, 1.807) is 26.3 Å². The van der Waals surface area contributed by atoms with Crippen LogP contribution in [0.3, 0.4) is 0 Å². The molecule has 1 aliphatic heterocycles. The van der Waals surface area contributed by atoms with Gasteiger partial charge < -0.3 is 30.7 Å². The Labute approximate surface area is 184 Å². The number of amides is 1. The van der Waals surface area contributed by atoms with Crippen molar-refractivity contribution in [1.82, 2.24) is 24.8 Å². The van der Waals surface area contributed by atoms with Crippen LogP contribution in [-0.2, 0) is 4.74 Å². The molecule has 4 N–H and O–H groups in total. The van der Waals surface area contributed by atoms with Crippen molar-refractivity contribution in [2.45, 2.75) is 49.8 Å². The van der Waals surface area contributed by atoms with Gasteiger partial charge in [0.05, 0.1) is 30.1 Å². The van der Waals surface area contributed by atoms with Gasteiger partial charge in [-0.25, -0.2) is 9.37 Å². The smallest absolute Gasteiger partial charge is 0.257 e. The quantitative estimate of drug-likeness (QED) is 0.505. The average molecular weight is 443 g/mol. The van der Waals surface area contributed by atoms with Crippen LogP contribution in [-0.4, -0.2) is 75.3 Å². The number of anilines is 2. The molecule has 2 aromatic rings. The number of aliphatic hydroxyl groups is 1. The molecular weight excluding hydrogens is 417 g/mol. The summed E-state index contributed by atoms with van der Waals surface area (Å²) in [6, 6.07) is 1.38. The van der Waals surface area contributed by atoms with Crippen LogP contribution in [0.4, 0.5) is 16.0 Å². The summed E-state index contributed by atoms with van der Waals surface area (Å²) < 4.78 is 20.5. The number of fused-ring (bicyclic) bond motifs is 1. The van der Waals surface area contributed by atoms with E-state index in [4.69, 9.17) is 4.74 Å². The lowest BCUT2D eigenvalue weighted by Gasteiger charge is -2.31. The van der Waals surface area contributed by atoms with Gasteiger partial charge in [-0.3, -0.25) is 4.79 Å². The van der Waals surface area contributed by atoms with Crippen molar-refractivity contribution in [3.05, 3.63) is 41.9 Å². The van der Waals surface area contributed by atoms with Crippen LogP contribution in [0.2, 0.25) is 0 Å². The number of rotatable bonds is 7. The molecule has 3 unspecified atom stereocenters. The lowest BCUT2D eigenvalue weighted by Crippen LogP contribution is -2.48. The predicted molar refractivity (Wildman–Crippen MR) is 116 cm³/mol. The highest BCUT2D eigenvalue weighted by molar-refractivity contribution is 6.00. The largest absolute Gasteiger partial charge is 0.379 e. The van der Waals surface area contributed by atoms with Gasteiger partial charge in [-0.15, -0.1) is 0 Å². The van der Waals surface area contributed by atoms with Crippen molar-refractivity contribution in [1.29, 1.82) is 0 Å². The minimum atomic E-state index is -1.02. The highest BCUT2D eigenvalue weighted by atomic mass is 19.1. The summed E-state index contributed by atoms with van der Waals surface area (Å²) in [5, 5.41) is 24.0. The molecule has 0 bridgehead atoms. The number of carbonyl (C=O) groups excluding carboxylic acids is 1. The molecule has 5 rings (SSSR count). The Morgan fingerprint density at radius 3 is 2.88 bits per heavy atom. The molecule has 0 aromatic carbocycles. The van der Waals surface area contributed by atoms with Gasteiger partial charge >= 0.3 is 0 Å². The number of nitrogens with one attached hydrogen (secondary N) is 3. The third-order valence-corrected chi connectivity index (χ3v) is 6.23. The molecule has 32 heavy (non-hydrogen) atoms. The highest BCUT2D eigenvalue weighted by Crippen LogP contribution is 2.35. The van der Waals surface area contributed by atoms with E-state index < -0.39 is 24.3 Å². The third kappa shape index (κ3) is 3.56. The van der Waals surface area contributed by atoms with E-state index in [1.165, 1.54) is 10.7 Å². The van der Waals surface area contributed by atoms with Gasteiger partial charge in [-0.05, 0) is 31.4 Å². The van der Waals surface area contributed by atoms with Gasteiger partial charge in [-0.2, -0.15) is 9.61 Å². The van der Waals surface area contributed by atoms with Crippen LogP contribution < -0.4 is 16.0 Å². The minimum Gasteiger partial charge on any atom is -0.379 e. The number of methoxy groups -OCH3 is 1. The average Bonchev–Trinajstić information content (AvgIpc) is 3.46. The Kier molecular flexibility index (Phi) is 5.22. The zero-order chi connectivity index (χ0) is 22.4. The van der Waals surface area contributed by atoms with E-state index in [9.17, 15) is 14.3 Å². The molecule has 170 valence electrons. The maximum atomic E-state index is 13.6. The van der Waals surface area contributed by atoms with Gasteiger partial charge in [0.2, 0.25) is 0 Å². The Hall–Kier alpha value is -3.18. The normalized spacial score (nSPS) is 28.8. The van der Waals surface area contributed by atoms with Gasteiger partial charge in [-0.1, -0.05) is 0 Å². The molecule has 2 aliphatic carbocycles. The number of alkyl halides is 1. The van der Waals surface area contributed by atoms with Gasteiger partial charge in [0.25, 0.3) is 5.91 Å². The summed E-state index contributed by atoms with van der Waals surface area (Å²) >= 11 is 0. The number of hydrogen-bond donors (Lipinski definition) is 4. The van der Waals surface area contributed by atoms with E-state index in [1.807, 2.05) is 17.2 Å². The summed E-state index contributed by atoms with van der Waals surface area (Å²) in [5.74, 6) is 0.621. The topological polar surface area (TPSA) is 116 Å². The summed E-state index contributed by atoms with van der Waals surface area (Å²) in [5.41, 5.74) is 1.13. The molecule has 11 heteroatoms. The second kappa shape index (κ2) is 8.06. The fraction of sp³-hybridized carbons (Fsp3) is 0.476. The maximum Gasteiger partial charge on any atom is 0.257 e. The van der Waals surface area contributed by atoms with E-state index in [2.05, 4.69) is 26.0 Å². The molecule has 2 saturated carbocycles. The van der Waals surface area contributed by atoms with Crippen LogP contribution in [0.5, 0.6) is 0 Å². The maximum absolute atomic E-state index is 13.6. The Morgan fingerprint density at radius 2 is 2.22 bits per heavy atom. The van der Waals surface area contributed by atoms with Gasteiger partial charge in [0, 0.05) is 26.4 Å². The first-order valence-electron chi connectivity index (χ1n) is 10.7. The summed E-state index contributed by atoms with van der Waals surface area (Å²) in [4.78, 5) is 19.1. The number of carbonyl (C=O) groups is 1. The van der Waals surface area contributed by atoms with Crippen LogP contribution >= 0.6 is 0 Å². The third-order valence-electron chi connectivity index (χ3n) is 6.23. The predicted octanol–water partition coefficient (Wildman–Crippen LogP) is 1.23. The van der Waals surface area contributed by atoms with Crippen molar-refractivity contribution in [3.8, 4) is 0 Å². The van der Waals surface area contributed by atoms with E-state index in [-0.39, 0.29) is 17.7 Å². The van der Waals surface area contributed by atoms with Crippen molar-refractivity contribution in [2.24, 2.45) is 0 Å². The zero-order valence-corrected chi connectivity index (χ0v) is 17.8. The van der Waals surface area contributed by atoms with E-state index in [0.717, 1.165) is 6.42 Å². The van der Waals surface area contributed by atoms with Crippen LogP contribution in [0.15, 0.2) is 36.3 Å². The number of nitrogens with zero attached hydrogens (tertiary/aromatic N) is 4. The van der Waals surface area contributed by atoms with Crippen LogP contribution in [0.1, 0.15) is 29.6 Å². The Bertz CT molecular complexity index is 1100. The first-order valence-corrected chi connectivity index (χ1v) is 10.7. The molecular formula is C21H26FN7O3. The molecule has 3 heterocycles. The van der Waals surface area contributed by atoms with Crippen LogP contribution in [0, 0.1) is 0 Å². The monoisotopic (exact) mass is 443 g/mol. The number of halogens is 1. The Balaban J connectivity index is 1.40. The second-order valence-corrected chi connectivity index (χ2v) is 8.23.